The largest absolute Gasteiger partial charge is 0.467 e. The summed E-state index contributed by atoms with van der Waals surface area (Å²) in [5, 5.41) is 12.5. The maximum absolute atomic E-state index is 9.49. The van der Waals surface area contributed by atoms with Gasteiger partial charge in [0.15, 0.2) is 0 Å². The van der Waals surface area contributed by atoms with Crippen molar-refractivity contribution in [3.63, 3.8) is 0 Å². The number of nitrogen functional groups attached to an aromatic ring is 1. The van der Waals surface area contributed by atoms with Crippen molar-refractivity contribution in [3.05, 3.63) is 35.9 Å². The Morgan fingerprint density at radius 2 is 1.90 bits per heavy atom. The standard InChI is InChI=1S/C12H16N6O2/c1-20-12-16-10(15-11(17-12)18-13)14-9(7-19)8-5-3-2-4-6-8/h2-6,9,19H,7,13H2,1H3,(H2,14,15,16,17,18). The van der Waals surface area contributed by atoms with Crippen molar-refractivity contribution in [2.75, 3.05) is 24.5 Å². The Morgan fingerprint density at radius 1 is 1.20 bits per heavy atom. The first kappa shape index (κ1) is 14.0. The van der Waals surface area contributed by atoms with Crippen LogP contribution in [0.2, 0.25) is 0 Å². The van der Waals surface area contributed by atoms with Gasteiger partial charge >= 0.3 is 6.01 Å². The molecule has 0 amide bonds. The summed E-state index contributed by atoms with van der Waals surface area (Å²) in [6.45, 7) is -0.108. The van der Waals surface area contributed by atoms with E-state index in [2.05, 4.69) is 25.7 Å². The fourth-order valence-electron chi connectivity index (χ4n) is 1.65. The number of aromatic nitrogens is 3. The highest BCUT2D eigenvalue weighted by Crippen LogP contribution is 2.18. The molecule has 0 saturated heterocycles. The van der Waals surface area contributed by atoms with Crippen LogP contribution in [-0.4, -0.2) is 33.8 Å². The molecule has 2 rings (SSSR count). The number of aliphatic hydroxyl groups excluding tert-OH is 1. The van der Waals surface area contributed by atoms with Gasteiger partial charge in [0.2, 0.25) is 11.9 Å². The molecule has 20 heavy (non-hydrogen) atoms. The number of hydrogen-bond acceptors (Lipinski definition) is 8. The fourth-order valence-corrected chi connectivity index (χ4v) is 1.65. The summed E-state index contributed by atoms with van der Waals surface area (Å²) in [6.07, 6.45) is 0. The molecule has 8 nitrogen and oxygen atoms in total. The van der Waals surface area contributed by atoms with Gasteiger partial charge in [0.1, 0.15) is 0 Å². The van der Waals surface area contributed by atoms with Gasteiger partial charge in [-0.15, -0.1) is 0 Å². The van der Waals surface area contributed by atoms with E-state index >= 15 is 0 Å². The Morgan fingerprint density at radius 3 is 2.50 bits per heavy atom. The molecule has 0 bridgehead atoms. The van der Waals surface area contributed by atoms with Crippen LogP contribution >= 0.6 is 0 Å². The Bertz CT molecular complexity index is 529. The second kappa shape index (κ2) is 6.64. The molecule has 0 fully saturated rings. The van der Waals surface area contributed by atoms with Crippen molar-refractivity contribution in [1.29, 1.82) is 0 Å². The lowest BCUT2D eigenvalue weighted by Crippen LogP contribution is -2.19. The van der Waals surface area contributed by atoms with Gasteiger partial charge in [-0.05, 0) is 5.56 Å². The first-order chi connectivity index (χ1) is 9.76. The van der Waals surface area contributed by atoms with Crippen molar-refractivity contribution in [2.45, 2.75) is 6.04 Å². The average Bonchev–Trinajstić information content (AvgIpc) is 2.53. The van der Waals surface area contributed by atoms with E-state index in [1.54, 1.807) is 0 Å². The summed E-state index contributed by atoms with van der Waals surface area (Å²) in [7, 11) is 1.44. The maximum Gasteiger partial charge on any atom is 0.322 e. The van der Waals surface area contributed by atoms with E-state index in [1.807, 2.05) is 30.3 Å². The summed E-state index contributed by atoms with van der Waals surface area (Å²) >= 11 is 0. The number of methoxy groups -OCH3 is 1. The summed E-state index contributed by atoms with van der Waals surface area (Å²) in [5.41, 5.74) is 3.24. The lowest BCUT2D eigenvalue weighted by atomic mass is 10.1. The predicted octanol–water partition coefficient (Wildman–Crippen LogP) is 0.311. The van der Waals surface area contributed by atoms with E-state index in [-0.39, 0.29) is 30.6 Å². The minimum absolute atomic E-state index is 0.108. The van der Waals surface area contributed by atoms with Crippen LogP contribution in [0.25, 0.3) is 0 Å². The van der Waals surface area contributed by atoms with Gasteiger partial charge in [-0.1, -0.05) is 30.3 Å². The summed E-state index contributed by atoms with van der Waals surface area (Å²) in [5.74, 6) is 5.71. The topological polar surface area (TPSA) is 118 Å². The highest BCUT2D eigenvalue weighted by Gasteiger charge is 2.13. The van der Waals surface area contributed by atoms with Crippen LogP contribution in [0.1, 0.15) is 11.6 Å². The molecule has 1 unspecified atom stereocenters. The molecule has 0 aliphatic heterocycles. The second-order valence-corrected chi connectivity index (χ2v) is 3.90. The third-order valence-electron chi connectivity index (χ3n) is 2.61. The number of rotatable bonds is 6. The molecule has 5 N–H and O–H groups in total. The Kier molecular flexibility index (Phi) is 4.64. The fraction of sp³-hybridized carbons (Fsp3) is 0.250. The van der Waals surface area contributed by atoms with Gasteiger partial charge in [0, 0.05) is 0 Å². The second-order valence-electron chi connectivity index (χ2n) is 3.90. The molecule has 1 aromatic heterocycles. The van der Waals surface area contributed by atoms with Crippen LogP contribution in [0, 0.1) is 0 Å². The highest BCUT2D eigenvalue weighted by molar-refractivity contribution is 5.38. The number of ether oxygens (including phenoxy) is 1. The highest BCUT2D eigenvalue weighted by atomic mass is 16.5. The van der Waals surface area contributed by atoms with E-state index < -0.39 is 0 Å². The third kappa shape index (κ3) is 3.31. The molecule has 0 aliphatic carbocycles. The van der Waals surface area contributed by atoms with E-state index in [0.29, 0.717) is 0 Å². The molecular weight excluding hydrogens is 260 g/mol. The number of hydrogen-bond donors (Lipinski definition) is 4. The Labute approximate surface area is 116 Å². The van der Waals surface area contributed by atoms with E-state index in [0.717, 1.165) is 5.56 Å². The average molecular weight is 276 g/mol. The zero-order valence-corrected chi connectivity index (χ0v) is 10.9. The zero-order chi connectivity index (χ0) is 14.4. The molecule has 8 heteroatoms. The predicted molar refractivity (Wildman–Crippen MR) is 74.1 cm³/mol. The van der Waals surface area contributed by atoms with Crippen LogP contribution in [0.4, 0.5) is 11.9 Å². The van der Waals surface area contributed by atoms with Gasteiger partial charge in [0.05, 0.1) is 19.8 Å². The first-order valence-electron chi connectivity index (χ1n) is 5.96. The lowest BCUT2D eigenvalue weighted by Gasteiger charge is -2.17. The smallest absolute Gasteiger partial charge is 0.322 e. The number of nitrogens with one attached hydrogen (secondary N) is 2. The monoisotopic (exact) mass is 276 g/mol. The van der Waals surface area contributed by atoms with Gasteiger partial charge in [-0.2, -0.15) is 15.0 Å². The summed E-state index contributed by atoms with van der Waals surface area (Å²) < 4.78 is 4.96. The van der Waals surface area contributed by atoms with E-state index in [1.165, 1.54) is 7.11 Å². The van der Waals surface area contributed by atoms with Crippen LogP contribution in [0.15, 0.2) is 30.3 Å². The third-order valence-corrected chi connectivity index (χ3v) is 2.61. The number of nitrogens with two attached hydrogens (primary N) is 1. The van der Waals surface area contributed by atoms with Gasteiger partial charge in [0.25, 0.3) is 0 Å². The normalized spacial score (nSPS) is 11.8. The number of benzene rings is 1. The van der Waals surface area contributed by atoms with Crippen molar-refractivity contribution in [1.82, 2.24) is 15.0 Å². The summed E-state index contributed by atoms with van der Waals surface area (Å²) in [4.78, 5) is 12.0. The molecule has 0 saturated carbocycles. The lowest BCUT2D eigenvalue weighted by molar-refractivity contribution is 0.275. The number of anilines is 2. The molecule has 2 aromatic rings. The molecule has 1 aromatic carbocycles. The molecule has 0 radical (unpaired) electrons. The quantitative estimate of drug-likeness (QED) is 0.440. The Balaban J connectivity index is 2.23. The first-order valence-corrected chi connectivity index (χ1v) is 5.96. The molecule has 106 valence electrons. The van der Waals surface area contributed by atoms with Gasteiger partial charge < -0.3 is 15.2 Å². The maximum atomic E-state index is 9.49. The minimum Gasteiger partial charge on any atom is -0.467 e. The van der Waals surface area contributed by atoms with E-state index in [4.69, 9.17) is 10.6 Å². The van der Waals surface area contributed by atoms with Crippen molar-refractivity contribution in [3.8, 4) is 6.01 Å². The van der Waals surface area contributed by atoms with Gasteiger partial charge in [-0.3, -0.25) is 5.43 Å². The Hall–Kier alpha value is -2.45. The molecule has 1 heterocycles. The van der Waals surface area contributed by atoms with Gasteiger partial charge in [-0.25, -0.2) is 5.84 Å². The number of aliphatic hydroxyl groups is 1. The van der Waals surface area contributed by atoms with Crippen molar-refractivity contribution >= 4 is 11.9 Å². The van der Waals surface area contributed by atoms with Crippen molar-refractivity contribution in [2.24, 2.45) is 5.84 Å². The van der Waals surface area contributed by atoms with Crippen LogP contribution in [-0.2, 0) is 0 Å². The van der Waals surface area contributed by atoms with Crippen LogP contribution in [0.5, 0.6) is 6.01 Å². The molecule has 1 atom stereocenters. The number of nitrogens with zero attached hydrogens (tertiary/aromatic N) is 3. The van der Waals surface area contributed by atoms with Crippen LogP contribution in [0.3, 0.4) is 0 Å². The molecule has 0 spiro atoms. The molecular formula is C12H16N6O2. The molecule has 0 aliphatic rings. The SMILES string of the molecule is COc1nc(NN)nc(NC(CO)c2ccccc2)n1. The van der Waals surface area contributed by atoms with Crippen molar-refractivity contribution < 1.29 is 9.84 Å². The van der Waals surface area contributed by atoms with E-state index in [9.17, 15) is 5.11 Å². The van der Waals surface area contributed by atoms with Crippen LogP contribution < -0.4 is 21.3 Å². The zero-order valence-electron chi connectivity index (χ0n) is 10.9. The number of hydrazine groups is 1. The minimum atomic E-state index is -0.339. The summed E-state index contributed by atoms with van der Waals surface area (Å²) in [6, 6.07) is 9.26.